The summed E-state index contributed by atoms with van der Waals surface area (Å²) in [5, 5.41) is 3.92. The molecular formula is C18H20ClF2N. The van der Waals surface area contributed by atoms with Gasteiger partial charge in [0.25, 0.3) is 0 Å². The van der Waals surface area contributed by atoms with E-state index in [4.69, 9.17) is 11.6 Å². The number of hydrogen-bond acceptors (Lipinski definition) is 1. The predicted molar refractivity (Wildman–Crippen MR) is 88.2 cm³/mol. The van der Waals surface area contributed by atoms with E-state index in [1.807, 2.05) is 12.1 Å². The average molecular weight is 324 g/mol. The van der Waals surface area contributed by atoms with Crippen LogP contribution in [0, 0.1) is 17.6 Å². The van der Waals surface area contributed by atoms with Gasteiger partial charge in [-0.15, -0.1) is 0 Å². The molecule has 1 atom stereocenters. The Morgan fingerprint density at radius 2 is 1.68 bits per heavy atom. The van der Waals surface area contributed by atoms with E-state index in [0.29, 0.717) is 16.5 Å². The molecule has 22 heavy (non-hydrogen) atoms. The van der Waals surface area contributed by atoms with E-state index in [2.05, 4.69) is 19.2 Å². The first-order chi connectivity index (χ1) is 10.5. The maximum absolute atomic E-state index is 14.1. The van der Waals surface area contributed by atoms with Crippen LogP contribution in [0.15, 0.2) is 42.5 Å². The Hall–Kier alpha value is -1.61. The molecule has 0 amide bonds. The van der Waals surface area contributed by atoms with Gasteiger partial charge in [-0.2, -0.15) is 0 Å². The minimum Gasteiger partial charge on any atom is -0.378 e. The second kappa shape index (κ2) is 7.59. The molecule has 1 nitrogen and oxygen atoms in total. The lowest BCUT2D eigenvalue weighted by atomic mass is 9.96. The lowest BCUT2D eigenvalue weighted by Gasteiger charge is -2.22. The van der Waals surface area contributed by atoms with Gasteiger partial charge in [0.15, 0.2) is 0 Å². The second-order valence-electron chi connectivity index (χ2n) is 5.84. The molecule has 0 saturated heterocycles. The van der Waals surface area contributed by atoms with Crippen LogP contribution in [-0.4, -0.2) is 0 Å². The van der Waals surface area contributed by atoms with E-state index in [1.165, 1.54) is 12.1 Å². The van der Waals surface area contributed by atoms with Gasteiger partial charge in [0, 0.05) is 16.3 Å². The molecule has 4 heteroatoms. The molecule has 0 saturated carbocycles. The SMILES string of the molecule is CC(C)CCC(Nc1ccc(Cl)cc1)c1cc(F)ccc1F. The van der Waals surface area contributed by atoms with Crippen LogP contribution in [0.2, 0.25) is 5.02 Å². The summed E-state index contributed by atoms with van der Waals surface area (Å²) in [6.45, 7) is 4.22. The molecule has 0 aromatic heterocycles. The normalized spacial score (nSPS) is 12.5. The van der Waals surface area contributed by atoms with Crippen LogP contribution in [0.4, 0.5) is 14.5 Å². The summed E-state index contributed by atoms with van der Waals surface area (Å²) in [4.78, 5) is 0. The number of benzene rings is 2. The van der Waals surface area contributed by atoms with Gasteiger partial charge in [0.1, 0.15) is 11.6 Å². The number of anilines is 1. The maximum atomic E-state index is 14.1. The largest absolute Gasteiger partial charge is 0.378 e. The molecule has 1 N–H and O–H groups in total. The Morgan fingerprint density at radius 1 is 1.00 bits per heavy atom. The van der Waals surface area contributed by atoms with Crippen molar-refractivity contribution in [2.45, 2.75) is 32.7 Å². The molecule has 2 aromatic carbocycles. The van der Waals surface area contributed by atoms with Crippen molar-refractivity contribution in [3.63, 3.8) is 0 Å². The predicted octanol–water partition coefficient (Wildman–Crippen LogP) is 6.21. The summed E-state index contributed by atoms with van der Waals surface area (Å²) in [6, 6.07) is 10.5. The van der Waals surface area contributed by atoms with Crippen molar-refractivity contribution in [3.8, 4) is 0 Å². The lowest BCUT2D eigenvalue weighted by molar-refractivity contribution is 0.502. The van der Waals surface area contributed by atoms with Crippen LogP contribution in [-0.2, 0) is 0 Å². The molecule has 0 aliphatic rings. The fourth-order valence-corrected chi connectivity index (χ4v) is 2.46. The molecule has 0 fully saturated rings. The Morgan fingerprint density at radius 3 is 2.32 bits per heavy atom. The number of halogens is 3. The minimum atomic E-state index is -0.427. The van der Waals surface area contributed by atoms with E-state index in [1.54, 1.807) is 12.1 Å². The van der Waals surface area contributed by atoms with Crippen LogP contribution in [0.3, 0.4) is 0 Å². The number of nitrogens with one attached hydrogen (secondary N) is 1. The van der Waals surface area contributed by atoms with Gasteiger partial charge in [-0.05, 0) is 61.2 Å². The average Bonchev–Trinajstić information content (AvgIpc) is 2.48. The highest BCUT2D eigenvalue weighted by molar-refractivity contribution is 6.30. The van der Waals surface area contributed by atoms with Gasteiger partial charge in [-0.1, -0.05) is 25.4 Å². The summed E-state index contributed by atoms with van der Waals surface area (Å²) in [5.74, 6) is -0.327. The van der Waals surface area contributed by atoms with E-state index >= 15 is 0 Å². The van der Waals surface area contributed by atoms with Crippen molar-refractivity contribution in [3.05, 3.63) is 64.7 Å². The van der Waals surface area contributed by atoms with E-state index < -0.39 is 11.6 Å². The highest BCUT2D eigenvalue weighted by Crippen LogP contribution is 2.28. The number of hydrogen-bond donors (Lipinski definition) is 1. The van der Waals surface area contributed by atoms with Crippen molar-refractivity contribution < 1.29 is 8.78 Å². The molecule has 0 radical (unpaired) electrons. The standard InChI is InChI=1S/C18H20ClF2N/c1-12(2)3-10-18(16-11-14(20)6-9-17(16)21)22-15-7-4-13(19)5-8-15/h4-9,11-12,18,22H,3,10H2,1-2H3. The van der Waals surface area contributed by atoms with Crippen LogP contribution in [0.5, 0.6) is 0 Å². The van der Waals surface area contributed by atoms with Crippen molar-refractivity contribution >= 4 is 17.3 Å². The third-order valence-electron chi connectivity index (χ3n) is 3.55. The topological polar surface area (TPSA) is 12.0 Å². The first-order valence-electron chi connectivity index (χ1n) is 7.42. The van der Waals surface area contributed by atoms with Crippen molar-refractivity contribution in [2.75, 3.05) is 5.32 Å². The molecular weight excluding hydrogens is 304 g/mol. The third kappa shape index (κ3) is 4.70. The van der Waals surface area contributed by atoms with Crippen molar-refractivity contribution in [1.29, 1.82) is 0 Å². The fraction of sp³-hybridized carbons (Fsp3) is 0.333. The van der Waals surface area contributed by atoms with Gasteiger partial charge in [-0.25, -0.2) is 8.78 Å². The van der Waals surface area contributed by atoms with Gasteiger partial charge in [0.2, 0.25) is 0 Å². The van der Waals surface area contributed by atoms with Gasteiger partial charge in [-0.3, -0.25) is 0 Å². The van der Waals surface area contributed by atoms with E-state index in [-0.39, 0.29) is 6.04 Å². The van der Waals surface area contributed by atoms with Crippen LogP contribution in [0.25, 0.3) is 0 Å². The molecule has 118 valence electrons. The highest BCUT2D eigenvalue weighted by Gasteiger charge is 2.17. The quantitative estimate of drug-likeness (QED) is 0.666. The minimum absolute atomic E-state index is 0.278. The summed E-state index contributed by atoms with van der Waals surface area (Å²) in [5.41, 5.74) is 1.19. The number of rotatable bonds is 6. The molecule has 0 aliphatic heterocycles. The fourth-order valence-electron chi connectivity index (χ4n) is 2.33. The Balaban J connectivity index is 2.25. The maximum Gasteiger partial charge on any atom is 0.128 e. The van der Waals surface area contributed by atoms with Gasteiger partial charge < -0.3 is 5.32 Å². The van der Waals surface area contributed by atoms with E-state index in [9.17, 15) is 8.78 Å². The van der Waals surface area contributed by atoms with Crippen molar-refractivity contribution in [2.24, 2.45) is 5.92 Å². The van der Waals surface area contributed by atoms with Gasteiger partial charge >= 0.3 is 0 Å². The van der Waals surface area contributed by atoms with Gasteiger partial charge in [0.05, 0.1) is 6.04 Å². The lowest BCUT2D eigenvalue weighted by Crippen LogP contribution is -2.14. The van der Waals surface area contributed by atoms with E-state index in [0.717, 1.165) is 24.6 Å². The molecule has 1 unspecified atom stereocenters. The van der Waals surface area contributed by atoms with Crippen LogP contribution in [0.1, 0.15) is 38.3 Å². The summed E-state index contributed by atoms with van der Waals surface area (Å²) in [7, 11) is 0. The molecule has 2 rings (SSSR count). The zero-order valence-electron chi connectivity index (χ0n) is 12.7. The van der Waals surface area contributed by atoms with Crippen LogP contribution >= 0.6 is 11.6 Å². The Labute approximate surface area is 135 Å². The zero-order valence-corrected chi connectivity index (χ0v) is 13.5. The monoisotopic (exact) mass is 323 g/mol. The summed E-state index contributed by atoms with van der Waals surface area (Å²) >= 11 is 5.88. The molecule has 0 heterocycles. The van der Waals surface area contributed by atoms with Crippen molar-refractivity contribution in [1.82, 2.24) is 0 Å². The molecule has 2 aromatic rings. The summed E-state index contributed by atoms with van der Waals surface area (Å²) < 4.78 is 27.6. The first kappa shape index (κ1) is 16.8. The third-order valence-corrected chi connectivity index (χ3v) is 3.80. The summed E-state index contributed by atoms with van der Waals surface area (Å²) in [6.07, 6.45) is 1.64. The first-order valence-corrected chi connectivity index (χ1v) is 7.80. The molecule has 0 spiro atoms. The molecule has 0 aliphatic carbocycles. The second-order valence-corrected chi connectivity index (χ2v) is 6.28. The molecule has 0 bridgehead atoms. The Bertz CT molecular complexity index is 611. The Kier molecular flexibility index (Phi) is 5.78. The van der Waals surface area contributed by atoms with Crippen LogP contribution < -0.4 is 5.32 Å². The smallest absolute Gasteiger partial charge is 0.128 e. The highest BCUT2D eigenvalue weighted by atomic mass is 35.5. The zero-order chi connectivity index (χ0) is 16.1.